The Morgan fingerprint density at radius 3 is 2.79 bits per heavy atom. The van der Waals surface area contributed by atoms with Gasteiger partial charge in [-0.25, -0.2) is 4.98 Å². The van der Waals surface area contributed by atoms with Crippen LogP contribution in [-0.2, 0) is 7.05 Å². The fourth-order valence-corrected chi connectivity index (χ4v) is 2.73. The van der Waals surface area contributed by atoms with Gasteiger partial charge in [-0.05, 0) is 30.3 Å². The number of fused-ring (bicyclic) bond motifs is 1. The van der Waals surface area contributed by atoms with E-state index < -0.39 is 0 Å². The van der Waals surface area contributed by atoms with E-state index in [0.29, 0.717) is 28.3 Å². The summed E-state index contributed by atoms with van der Waals surface area (Å²) in [5.41, 5.74) is 9.33. The van der Waals surface area contributed by atoms with Crippen molar-refractivity contribution in [1.29, 1.82) is 5.26 Å². The molecule has 1 aliphatic heterocycles. The third-order valence-electron chi connectivity index (χ3n) is 3.92. The number of benzene rings is 1. The average Bonchev–Trinajstić information content (AvgIpc) is 3.21. The number of ether oxygens (including phenoxy) is 2. The van der Waals surface area contributed by atoms with Crippen molar-refractivity contribution < 1.29 is 9.47 Å². The lowest BCUT2D eigenvalue weighted by Gasteiger charge is -2.10. The van der Waals surface area contributed by atoms with E-state index in [1.165, 1.54) is 0 Å². The Morgan fingerprint density at radius 1 is 1.21 bits per heavy atom. The first-order valence-corrected chi connectivity index (χ1v) is 7.26. The Kier molecular flexibility index (Phi) is 3.10. The van der Waals surface area contributed by atoms with Crippen molar-refractivity contribution in [1.82, 2.24) is 14.8 Å². The minimum atomic E-state index is 0.184. The molecule has 0 saturated carbocycles. The molecule has 1 aromatic carbocycles. The maximum atomic E-state index is 9.44. The number of nitrogen functional groups attached to an aromatic ring is 1. The summed E-state index contributed by atoms with van der Waals surface area (Å²) in [6.07, 6.45) is 1.67. The molecule has 0 spiro atoms. The van der Waals surface area contributed by atoms with E-state index in [0.717, 1.165) is 11.3 Å². The van der Waals surface area contributed by atoms with E-state index in [1.807, 2.05) is 37.4 Å². The van der Waals surface area contributed by atoms with Gasteiger partial charge in [-0.2, -0.15) is 10.4 Å². The van der Waals surface area contributed by atoms with Gasteiger partial charge in [-0.15, -0.1) is 0 Å². The average molecular weight is 319 g/mol. The molecule has 0 fully saturated rings. The molecule has 3 heterocycles. The predicted octanol–water partition coefficient (Wildman–Crippen LogP) is 2.33. The summed E-state index contributed by atoms with van der Waals surface area (Å²) < 4.78 is 12.4. The summed E-state index contributed by atoms with van der Waals surface area (Å²) in [4.78, 5) is 4.37. The van der Waals surface area contributed by atoms with Crippen molar-refractivity contribution in [3.63, 3.8) is 0 Å². The number of rotatable bonds is 2. The number of hydrogen-bond donors (Lipinski definition) is 1. The van der Waals surface area contributed by atoms with E-state index in [9.17, 15) is 5.26 Å². The van der Waals surface area contributed by atoms with Crippen LogP contribution in [0, 0.1) is 11.3 Å². The molecule has 0 radical (unpaired) electrons. The maximum Gasteiger partial charge on any atom is 0.231 e. The summed E-state index contributed by atoms with van der Waals surface area (Å²) in [5.74, 6) is 1.55. The van der Waals surface area contributed by atoms with E-state index in [2.05, 4.69) is 16.2 Å². The van der Waals surface area contributed by atoms with Crippen LogP contribution in [0.15, 0.2) is 36.5 Å². The van der Waals surface area contributed by atoms with Gasteiger partial charge < -0.3 is 15.2 Å². The Morgan fingerprint density at radius 2 is 2.04 bits per heavy atom. The molecule has 4 rings (SSSR count). The predicted molar refractivity (Wildman–Crippen MR) is 87.1 cm³/mol. The lowest BCUT2D eigenvalue weighted by molar-refractivity contribution is 0.174. The van der Waals surface area contributed by atoms with Crippen molar-refractivity contribution in [2.24, 2.45) is 7.05 Å². The highest BCUT2D eigenvalue weighted by molar-refractivity contribution is 5.79. The lowest BCUT2D eigenvalue weighted by atomic mass is 10.0. The first-order valence-electron chi connectivity index (χ1n) is 7.26. The van der Waals surface area contributed by atoms with Crippen molar-refractivity contribution >= 4 is 5.82 Å². The second kappa shape index (κ2) is 5.28. The number of pyridine rings is 1. The molecular weight excluding hydrogens is 306 g/mol. The Hall–Kier alpha value is -3.53. The third kappa shape index (κ3) is 2.13. The number of aryl methyl sites for hydroxylation is 1. The van der Waals surface area contributed by atoms with Crippen LogP contribution in [0.1, 0.15) is 5.56 Å². The maximum absolute atomic E-state index is 9.44. The first-order chi connectivity index (χ1) is 11.7. The Balaban J connectivity index is 1.90. The summed E-state index contributed by atoms with van der Waals surface area (Å²) in [7, 11) is 1.81. The van der Waals surface area contributed by atoms with E-state index in [-0.39, 0.29) is 12.6 Å². The second-order valence-electron chi connectivity index (χ2n) is 5.34. The fourth-order valence-electron chi connectivity index (χ4n) is 2.73. The zero-order valence-electron chi connectivity index (χ0n) is 12.9. The van der Waals surface area contributed by atoms with Gasteiger partial charge >= 0.3 is 0 Å². The minimum Gasteiger partial charge on any atom is -0.454 e. The highest BCUT2D eigenvalue weighted by Crippen LogP contribution is 2.37. The van der Waals surface area contributed by atoms with Gasteiger partial charge in [0.25, 0.3) is 0 Å². The third-order valence-corrected chi connectivity index (χ3v) is 3.92. The quantitative estimate of drug-likeness (QED) is 0.778. The monoisotopic (exact) mass is 319 g/mol. The van der Waals surface area contributed by atoms with Crippen LogP contribution in [-0.4, -0.2) is 21.6 Å². The number of nitrogens with two attached hydrogens (primary N) is 1. The molecule has 118 valence electrons. The van der Waals surface area contributed by atoms with Gasteiger partial charge in [-0.3, -0.25) is 4.68 Å². The molecule has 3 aromatic rings. The van der Waals surface area contributed by atoms with Gasteiger partial charge in [0.2, 0.25) is 6.79 Å². The number of nitrogens with zero attached hydrogens (tertiary/aromatic N) is 4. The number of anilines is 1. The fraction of sp³-hybridized carbons (Fsp3) is 0.118. The summed E-state index contributed by atoms with van der Waals surface area (Å²) in [6.45, 7) is 0.210. The molecule has 2 N–H and O–H groups in total. The van der Waals surface area contributed by atoms with E-state index >= 15 is 0 Å². The molecule has 7 heteroatoms. The van der Waals surface area contributed by atoms with E-state index in [4.69, 9.17) is 15.2 Å². The molecule has 1 aliphatic rings. The SMILES string of the molecule is Cn1nccc1-c1cc(-c2ccc3c(c2)OCO3)nc(N)c1C#N. The van der Waals surface area contributed by atoms with Crippen molar-refractivity contribution in [2.45, 2.75) is 0 Å². The molecule has 2 aromatic heterocycles. The van der Waals surface area contributed by atoms with Crippen LogP contribution in [0.5, 0.6) is 11.5 Å². The van der Waals surface area contributed by atoms with Crippen LogP contribution in [0.3, 0.4) is 0 Å². The van der Waals surface area contributed by atoms with Gasteiger partial charge in [0.1, 0.15) is 17.5 Å². The van der Waals surface area contributed by atoms with Crippen molar-refractivity contribution in [2.75, 3.05) is 12.5 Å². The molecule has 0 aliphatic carbocycles. The number of aromatic nitrogens is 3. The molecule has 0 amide bonds. The second-order valence-corrected chi connectivity index (χ2v) is 5.34. The Labute approximate surface area is 137 Å². The van der Waals surface area contributed by atoms with Crippen LogP contribution < -0.4 is 15.2 Å². The van der Waals surface area contributed by atoms with Crippen LogP contribution in [0.25, 0.3) is 22.5 Å². The zero-order valence-corrected chi connectivity index (χ0v) is 12.9. The molecule has 0 unspecified atom stereocenters. The highest BCUT2D eigenvalue weighted by atomic mass is 16.7. The molecule has 0 saturated heterocycles. The largest absolute Gasteiger partial charge is 0.454 e. The number of nitriles is 1. The molecule has 7 nitrogen and oxygen atoms in total. The van der Waals surface area contributed by atoms with E-state index in [1.54, 1.807) is 10.9 Å². The van der Waals surface area contributed by atoms with Crippen LogP contribution >= 0.6 is 0 Å². The first kappa shape index (κ1) is 14.1. The van der Waals surface area contributed by atoms with Crippen molar-refractivity contribution in [3.05, 3.63) is 42.1 Å². The van der Waals surface area contributed by atoms with Gasteiger partial charge in [-0.1, -0.05) is 0 Å². The molecular formula is C17H13N5O2. The van der Waals surface area contributed by atoms with Gasteiger partial charge in [0, 0.05) is 24.4 Å². The summed E-state index contributed by atoms with van der Waals surface area (Å²) in [5, 5.41) is 13.6. The van der Waals surface area contributed by atoms with Crippen LogP contribution in [0.2, 0.25) is 0 Å². The summed E-state index contributed by atoms with van der Waals surface area (Å²) >= 11 is 0. The Bertz CT molecular complexity index is 987. The summed E-state index contributed by atoms with van der Waals surface area (Å²) in [6, 6.07) is 11.4. The normalized spacial score (nSPS) is 12.2. The molecule has 0 atom stereocenters. The highest BCUT2D eigenvalue weighted by Gasteiger charge is 2.18. The standard InChI is InChI=1S/C17H13N5O2/c1-22-14(4-5-20-22)11-7-13(21-17(19)12(11)8-18)10-2-3-15-16(6-10)24-9-23-15/h2-7H,9H2,1H3,(H2,19,21). The topological polar surface area (TPSA) is 99.0 Å². The smallest absolute Gasteiger partial charge is 0.231 e. The number of hydrogen-bond acceptors (Lipinski definition) is 6. The lowest BCUT2D eigenvalue weighted by Crippen LogP contribution is -2.02. The molecule has 0 bridgehead atoms. The zero-order chi connectivity index (χ0) is 16.7. The van der Waals surface area contributed by atoms with Crippen LogP contribution in [0.4, 0.5) is 5.82 Å². The van der Waals surface area contributed by atoms with Crippen molar-refractivity contribution in [3.8, 4) is 40.1 Å². The molecule has 24 heavy (non-hydrogen) atoms. The van der Waals surface area contributed by atoms with Gasteiger partial charge in [0.15, 0.2) is 11.5 Å². The minimum absolute atomic E-state index is 0.184. The van der Waals surface area contributed by atoms with Gasteiger partial charge in [0.05, 0.1) is 11.4 Å².